The van der Waals surface area contributed by atoms with Crippen LogP contribution in [0.3, 0.4) is 0 Å². The Kier molecular flexibility index (Phi) is 4.68. The number of hydrogen-bond donors (Lipinski definition) is 2. The van der Waals surface area contributed by atoms with Crippen LogP contribution in [0.4, 0.5) is 5.69 Å². The SMILES string of the molecule is CCCNc1ccc(CCC(=O)O)cc1. The van der Waals surface area contributed by atoms with Crippen LogP contribution in [-0.2, 0) is 11.2 Å². The summed E-state index contributed by atoms with van der Waals surface area (Å²) in [6.45, 7) is 3.09. The van der Waals surface area contributed by atoms with E-state index in [2.05, 4.69) is 12.2 Å². The molecule has 0 heterocycles. The molecule has 0 aliphatic heterocycles. The van der Waals surface area contributed by atoms with Crippen molar-refractivity contribution in [3.05, 3.63) is 29.8 Å². The number of aliphatic carboxylic acids is 1. The first-order valence-electron chi connectivity index (χ1n) is 5.27. The molecule has 3 heteroatoms. The van der Waals surface area contributed by atoms with Gasteiger partial charge in [-0.1, -0.05) is 19.1 Å². The monoisotopic (exact) mass is 207 g/mol. The molecule has 82 valence electrons. The minimum Gasteiger partial charge on any atom is -0.481 e. The minimum atomic E-state index is -0.747. The first kappa shape index (κ1) is 11.6. The first-order valence-corrected chi connectivity index (χ1v) is 5.27. The first-order chi connectivity index (χ1) is 7.22. The number of carboxylic acids is 1. The van der Waals surface area contributed by atoms with Gasteiger partial charge in [-0.15, -0.1) is 0 Å². The predicted molar refractivity (Wildman–Crippen MR) is 61.2 cm³/mol. The molecule has 0 radical (unpaired) electrons. The molecule has 0 fully saturated rings. The van der Waals surface area contributed by atoms with Crippen LogP contribution in [0.5, 0.6) is 0 Å². The van der Waals surface area contributed by atoms with Gasteiger partial charge in [-0.3, -0.25) is 4.79 Å². The summed E-state index contributed by atoms with van der Waals surface area (Å²) in [7, 11) is 0. The van der Waals surface area contributed by atoms with Gasteiger partial charge in [-0.05, 0) is 30.5 Å². The van der Waals surface area contributed by atoms with Gasteiger partial charge < -0.3 is 10.4 Å². The van der Waals surface area contributed by atoms with Crippen LogP contribution in [0.2, 0.25) is 0 Å². The highest BCUT2D eigenvalue weighted by molar-refractivity contribution is 5.67. The smallest absolute Gasteiger partial charge is 0.303 e. The summed E-state index contributed by atoms with van der Waals surface area (Å²) in [4.78, 5) is 10.4. The van der Waals surface area contributed by atoms with Crippen molar-refractivity contribution in [2.75, 3.05) is 11.9 Å². The average molecular weight is 207 g/mol. The second-order valence-corrected chi connectivity index (χ2v) is 3.52. The van der Waals surface area contributed by atoms with Crippen molar-refractivity contribution < 1.29 is 9.90 Å². The Morgan fingerprint density at radius 1 is 1.33 bits per heavy atom. The second kappa shape index (κ2) is 6.06. The Hall–Kier alpha value is -1.51. The highest BCUT2D eigenvalue weighted by Gasteiger charge is 1.98. The molecule has 0 amide bonds. The summed E-state index contributed by atoms with van der Waals surface area (Å²) < 4.78 is 0. The topological polar surface area (TPSA) is 49.3 Å². The molecule has 1 rings (SSSR count). The Balaban J connectivity index is 2.45. The third kappa shape index (κ3) is 4.49. The molecule has 0 spiro atoms. The third-order valence-corrected chi connectivity index (χ3v) is 2.16. The van der Waals surface area contributed by atoms with Gasteiger partial charge in [0.25, 0.3) is 0 Å². The van der Waals surface area contributed by atoms with Gasteiger partial charge in [0.05, 0.1) is 0 Å². The van der Waals surface area contributed by atoms with Gasteiger partial charge in [0.1, 0.15) is 0 Å². The summed E-state index contributed by atoms with van der Waals surface area (Å²) in [6.07, 6.45) is 1.89. The number of rotatable bonds is 6. The molecule has 0 aromatic heterocycles. The Bertz CT molecular complexity index is 306. The van der Waals surface area contributed by atoms with Crippen molar-refractivity contribution in [1.82, 2.24) is 0 Å². The summed E-state index contributed by atoms with van der Waals surface area (Å²) in [6, 6.07) is 7.93. The molecule has 3 nitrogen and oxygen atoms in total. The lowest BCUT2D eigenvalue weighted by Gasteiger charge is -2.05. The zero-order chi connectivity index (χ0) is 11.1. The van der Waals surface area contributed by atoms with Gasteiger partial charge in [-0.25, -0.2) is 0 Å². The maximum absolute atomic E-state index is 10.4. The van der Waals surface area contributed by atoms with E-state index >= 15 is 0 Å². The molecule has 1 aromatic carbocycles. The molecule has 1 aromatic rings. The van der Waals surface area contributed by atoms with E-state index in [1.165, 1.54) is 0 Å². The van der Waals surface area contributed by atoms with E-state index in [0.29, 0.717) is 6.42 Å². The van der Waals surface area contributed by atoms with Gasteiger partial charge in [-0.2, -0.15) is 0 Å². The molecule has 0 unspecified atom stereocenters. The molecule has 0 aliphatic carbocycles. The maximum atomic E-state index is 10.4. The number of anilines is 1. The van der Waals surface area contributed by atoms with Crippen LogP contribution < -0.4 is 5.32 Å². The Morgan fingerprint density at radius 2 is 2.00 bits per heavy atom. The number of carboxylic acid groups (broad SMARTS) is 1. The van der Waals surface area contributed by atoms with E-state index in [4.69, 9.17) is 5.11 Å². The van der Waals surface area contributed by atoms with Crippen molar-refractivity contribution in [3.63, 3.8) is 0 Å². The third-order valence-electron chi connectivity index (χ3n) is 2.16. The fraction of sp³-hybridized carbons (Fsp3) is 0.417. The van der Waals surface area contributed by atoms with E-state index in [9.17, 15) is 4.79 Å². The van der Waals surface area contributed by atoms with Crippen LogP contribution in [0.25, 0.3) is 0 Å². The standard InChI is InChI=1S/C12H17NO2/c1-2-9-13-11-6-3-10(4-7-11)5-8-12(14)15/h3-4,6-7,13H,2,5,8-9H2,1H3,(H,14,15). The van der Waals surface area contributed by atoms with Crippen LogP contribution in [0.15, 0.2) is 24.3 Å². The number of nitrogens with one attached hydrogen (secondary N) is 1. The van der Waals surface area contributed by atoms with E-state index in [1.807, 2.05) is 24.3 Å². The molecule has 0 atom stereocenters. The van der Waals surface area contributed by atoms with Crippen molar-refractivity contribution in [3.8, 4) is 0 Å². The average Bonchev–Trinajstić information content (AvgIpc) is 2.25. The molecule has 2 N–H and O–H groups in total. The van der Waals surface area contributed by atoms with Crippen molar-refractivity contribution in [1.29, 1.82) is 0 Å². The van der Waals surface area contributed by atoms with Crippen LogP contribution in [0.1, 0.15) is 25.3 Å². The molecule has 0 saturated carbocycles. The number of carbonyl (C=O) groups is 1. The van der Waals surface area contributed by atoms with Gasteiger partial charge in [0.15, 0.2) is 0 Å². The van der Waals surface area contributed by atoms with Crippen LogP contribution in [-0.4, -0.2) is 17.6 Å². The zero-order valence-electron chi connectivity index (χ0n) is 8.99. The minimum absolute atomic E-state index is 0.196. The highest BCUT2D eigenvalue weighted by atomic mass is 16.4. The van der Waals surface area contributed by atoms with Gasteiger partial charge in [0, 0.05) is 18.7 Å². The Labute approximate surface area is 90.1 Å². The molecular weight excluding hydrogens is 190 g/mol. The lowest BCUT2D eigenvalue weighted by molar-refractivity contribution is -0.136. The maximum Gasteiger partial charge on any atom is 0.303 e. The molecule has 0 saturated heterocycles. The van der Waals surface area contributed by atoms with E-state index in [1.54, 1.807) is 0 Å². The van der Waals surface area contributed by atoms with E-state index < -0.39 is 5.97 Å². The summed E-state index contributed by atoms with van der Waals surface area (Å²) in [5.41, 5.74) is 2.16. The summed E-state index contributed by atoms with van der Waals surface area (Å²) in [5.74, 6) is -0.747. The Morgan fingerprint density at radius 3 is 2.53 bits per heavy atom. The second-order valence-electron chi connectivity index (χ2n) is 3.52. The molecule has 15 heavy (non-hydrogen) atoms. The number of hydrogen-bond acceptors (Lipinski definition) is 2. The van der Waals surface area contributed by atoms with E-state index in [-0.39, 0.29) is 6.42 Å². The van der Waals surface area contributed by atoms with E-state index in [0.717, 1.165) is 24.2 Å². The lowest BCUT2D eigenvalue weighted by Crippen LogP contribution is -2.00. The van der Waals surface area contributed by atoms with Crippen molar-refractivity contribution >= 4 is 11.7 Å². The lowest BCUT2D eigenvalue weighted by atomic mass is 10.1. The van der Waals surface area contributed by atoms with Crippen molar-refractivity contribution in [2.45, 2.75) is 26.2 Å². The van der Waals surface area contributed by atoms with Gasteiger partial charge in [0.2, 0.25) is 0 Å². The largest absolute Gasteiger partial charge is 0.481 e. The predicted octanol–water partition coefficient (Wildman–Crippen LogP) is 2.53. The quantitative estimate of drug-likeness (QED) is 0.753. The molecular formula is C12H17NO2. The summed E-state index contributed by atoms with van der Waals surface area (Å²) in [5, 5.41) is 11.8. The summed E-state index contributed by atoms with van der Waals surface area (Å²) >= 11 is 0. The number of benzene rings is 1. The molecule has 0 bridgehead atoms. The molecule has 0 aliphatic rings. The zero-order valence-corrected chi connectivity index (χ0v) is 8.99. The van der Waals surface area contributed by atoms with Crippen LogP contribution in [0, 0.1) is 0 Å². The highest BCUT2D eigenvalue weighted by Crippen LogP contribution is 2.10. The fourth-order valence-electron chi connectivity index (χ4n) is 1.31. The van der Waals surface area contributed by atoms with Gasteiger partial charge >= 0.3 is 5.97 Å². The fourth-order valence-corrected chi connectivity index (χ4v) is 1.31. The number of aryl methyl sites for hydroxylation is 1. The van der Waals surface area contributed by atoms with Crippen LogP contribution >= 0.6 is 0 Å². The van der Waals surface area contributed by atoms with Crippen molar-refractivity contribution in [2.24, 2.45) is 0 Å². The normalized spacial score (nSPS) is 9.93.